The fourth-order valence-corrected chi connectivity index (χ4v) is 3.50. The van der Waals surface area contributed by atoms with Gasteiger partial charge in [-0.2, -0.15) is 0 Å². The summed E-state index contributed by atoms with van der Waals surface area (Å²) in [6, 6.07) is 15.7. The van der Waals surface area contributed by atoms with E-state index in [-0.39, 0.29) is 10.9 Å². The highest BCUT2D eigenvalue weighted by molar-refractivity contribution is 7.89. The zero-order chi connectivity index (χ0) is 16.7. The number of methoxy groups -OCH3 is 2. The predicted molar refractivity (Wildman–Crippen MR) is 89.1 cm³/mol. The van der Waals surface area contributed by atoms with Gasteiger partial charge in [-0.05, 0) is 36.2 Å². The van der Waals surface area contributed by atoms with Crippen molar-refractivity contribution in [1.29, 1.82) is 0 Å². The Morgan fingerprint density at radius 3 is 2.22 bits per heavy atom. The molecule has 0 saturated heterocycles. The van der Waals surface area contributed by atoms with Gasteiger partial charge in [-0.15, -0.1) is 0 Å². The van der Waals surface area contributed by atoms with Crippen molar-refractivity contribution < 1.29 is 17.9 Å². The van der Waals surface area contributed by atoms with E-state index in [1.54, 1.807) is 19.2 Å². The lowest BCUT2D eigenvalue weighted by Crippen LogP contribution is -2.39. The van der Waals surface area contributed by atoms with E-state index in [9.17, 15) is 8.42 Å². The molecule has 0 aliphatic carbocycles. The summed E-state index contributed by atoms with van der Waals surface area (Å²) in [5.74, 6) is 0.613. The molecular formula is C17H21NO4S. The zero-order valence-corrected chi connectivity index (χ0v) is 14.0. The van der Waals surface area contributed by atoms with Gasteiger partial charge in [-0.1, -0.05) is 30.3 Å². The van der Waals surface area contributed by atoms with Gasteiger partial charge in [-0.25, -0.2) is 13.1 Å². The first kappa shape index (κ1) is 17.5. The molecule has 0 bridgehead atoms. The van der Waals surface area contributed by atoms with E-state index in [0.717, 1.165) is 5.56 Å². The molecule has 0 aliphatic rings. The van der Waals surface area contributed by atoms with Crippen LogP contribution in [-0.4, -0.2) is 35.3 Å². The highest BCUT2D eigenvalue weighted by atomic mass is 32.2. The first-order valence-corrected chi connectivity index (χ1v) is 8.72. The third-order valence-corrected chi connectivity index (χ3v) is 4.92. The zero-order valence-electron chi connectivity index (χ0n) is 13.2. The highest BCUT2D eigenvalue weighted by Gasteiger charge is 2.20. The van der Waals surface area contributed by atoms with Crippen LogP contribution in [0.25, 0.3) is 0 Å². The van der Waals surface area contributed by atoms with Gasteiger partial charge in [0.15, 0.2) is 0 Å². The van der Waals surface area contributed by atoms with E-state index >= 15 is 0 Å². The van der Waals surface area contributed by atoms with Crippen LogP contribution in [-0.2, 0) is 21.2 Å². The molecule has 2 rings (SSSR count). The lowest BCUT2D eigenvalue weighted by Gasteiger charge is -2.18. The van der Waals surface area contributed by atoms with E-state index in [0.29, 0.717) is 18.8 Å². The average Bonchev–Trinajstić information content (AvgIpc) is 2.56. The molecule has 0 spiro atoms. The summed E-state index contributed by atoms with van der Waals surface area (Å²) in [6.45, 7) is 0.296. The Morgan fingerprint density at radius 1 is 1.00 bits per heavy atom. The summed E-state index contributed by atoms with van der Waals surface area (Å²) in [4.78, 5) is 0.201. The fourth-order valence-electron chi connectivity index (χ4n) is 2.28. The summed E-state index contributed by atoms with van der Waals surface area (Å²) in [6.07, 6.45) is 0.560. The number of sulfonamides is 1. The minimum absolute atomic E-state index is 0.201. The third-order valence-electron chi connectivity index (χ3n) is 3.38. The summed E-state index contributed by atoms with van der Waals surface area (Å²) in [5.41, 5.74) is 1.05. The van der Waals surface area contributed by atoms with Crippen LogP contribution >= 0.6 is 0 Å². The maximum absolute atomic E-state index is 12.5. The van der Waals surface area contributed by atoms with Gasteiger partial charge in [0, 0.05) is 13.2 Å². The Bertz CT molecular complexity index is 699. The molecule has 0 aliphatic heterocycles. The standard InChI is InChI=1S/C17H21NO4S/c1-21-13-15(12-14-6-4-3-5-7-14)18-23(19,20)17-10-8-16(22-2)9-11-17/h3-11,15,18H,12-13H2,1-2H3. The van der Waals surface area contributed by atoms with Crippen LogP contribution in [0.5, 0.6) is 5.75 Å². The van der Waals surface area contributed by atoms with E-state index in [1.165, 1.54) is 19.2 Å². The lowest BCUT2D eigenvalue weighted by molar-refractivity contribution is 0.174. The van der Waals surface area contributed by atoms with E-state index < -0.39 is 10.0 Å². The van der Waals surface area contributed by atoms with E-state index in [4.69, 9.17) is 9.47 Å². The lowest BCUT2D eigenvalue weighted by atomic mass is 10.1. The Hall–Kier alpha value is -1.89. The van der Waals surface area contributed by atoms with E-state index in [2.05, 4.69) is 4.72 Å². The fraction of sp³-hybridized carbons (Fsp3) is 0.294. The topological polar surface area (TPSA) is 64.6 Å². The molecule has 1 N–H and O–H groups in total. The van der Waals surface area contributed by atoms with Crippen LogP contribution in [0.2, 0.25) is 0 Å². The normalized spacial score (nSPS) is 12.8. The highest BCUT2D eigenvalue weighted by Crippen LogP contribution is 2.16. The quantitative estimate of drug-likeness (QED) is 0.803. The van der Waals surface area contributed by atoms with Gasteiger partial charge in [0.1, 0.15) is 5.75 Å². The third kappa shape index (κ3) is 5.06. The number of nitrogens with one attached hydrogen (secondary N) is 1. The van der Waals surface area contributed by atoms with E-state index in [1.807, 2.05) is 30.3 Å². The molecule has 5 nitrogen and oxygen atoms in total. The van der Waals surface area contributed by atoms with Crippen molar-refractivity contribution in [3.63, 3.8) is 0 Å². The van der Waals surface area contributed by atoms with Crippen molar-refractivity contribution in [2.75, 3.05) is 20.8 Å². The van der Waals surface area contributed by atoms with Gasteiger partial charge in [0.2, 0.25) is 10.0 Å². The molecule has 0 heterocycles. The molecular weight excluding hydrogens is 314 g/mol. The molecule has 0 fully saturated rings. The minimum Gasteiger partial charge on any atom is -0.497 e. The van der Waals surface area contributed by atoms with Gasteiger partial charge < -0.3 is 9.47 Å². The molecule has 23 heavy (non-hydrogen) atoms. The largest absolute Gasteiger partial charge is 0.497 e. The minimum atomic E-state index is -3.61. The summed E-state index contributed by atoms with van der Waals surface area (Å²) in [5, 5.41) is 0. The second kappa shape index (κ2) is 8.10. The van der Waals surface area contributed by atoms with Crippen molar-refractivity contribution >= 4 is 10.0 Å². The number of hydrogen-bond acceptors (Lipinski definition) is 4. The Balaban J connectivity index is 2.13. The number of benzene rings is 2. The molecule has 6 heteroatoms. The number of ether oxygens (including phenoxy) is 2. The number of hydrogen-bond donors (Lipinski definition) is 1. The second-order valence-corrected chi connectivity index (χ2v) is 6.85. The Kier molecular flexibility index (Phi) is 6.15. The van der Waals surface area contributed by atoms with Crippen LogP contribution in [0.4, 0.5) is 0 Å². The van der Waals surface area contributed by atoms with Gasteiger partial charge in [0.05, 0.1) is 18.6 Å². The smallest absolute Gasteiger partial charge is 0.240 e. The molecule has 0 amide bonds. The molecule has 1 unspecified atom stereocenters. The molecule has 1 atom stereocenters. The van der Waals surface area contributed by atoms with Crippen molar-refractivity contribution in [3.05, 3.63) is 60.2 Å². The van der Waals surface area contributed by atoms with Crippen LogP contribution in [0.1, 0.15) is 5.56 Å². The van der Waals surface area contributed by atoms with Crippen molar-refractivity contribution in [3.8, 4) is 5.75 Å². The van der Waals surface area contributed by atoms with Gasteiger partial charge >= 0.3 is 0 Å². The van der Waals surface area contributed by atoms with Gasteiger partial charge in [0.25, 0.3) is 0 Å². The molecule has 124 valence electrons. The second-order valence-electron chi connectivity index (χ2n) is 5.14. The van der Waals surface area contributed by atoms with Crippen LogP contribution < -0.4 is 9.46 Å². The SMILES string of the molecule is COCC(Cc1ccccc1)NS(=O)(=O)c1ccc(OC)cc1. The molecule has 0 aromatic heterocycles. The summed E-state index contributed by atoms with van der Waals surface area (Å²) in [7, 11) is -0.519. The van der Waals surface area contributed by atoms with Gasteiger partial charge in [-0.3, -0.25) is 0 Å². The number of rotatable bonds is 8. The van der Waals surface area contributed by atoms with Crippen LogP contribution in [0.3, 0.4) is 0 Å². The predicted octanol–water partition coefficient (Wildman–Crippen LogP) is 2.23. The first-order chi connectivity index (χ1) is 11.0. The molecule has 2 aromatic carbocycles. The maximum Gasteiger partial charge on any atom is 0.240 e. The average molecular weight is 335 g/mol. The molecule has 0 radical (unpaired) electrons. The van der Waals surface area contributed by atoms with Crippen molar-refractivity contribution in [1.82, 2.24) is 4.72 Å². The summed E-state index contributed by atoms with van der Waals surface area (Å²) >= 11 is 0. The molecule has 2 aromatic rings. The maximum atomic E-state index is 12.5. The van der Waals surface area contributed by atoms with Crippen LogP contribution in [0.15, 0.2) is 59.5 Å². The Morgan fingerprint density at radius 2 is 1.65 bits per heavy atom. The monoisotopic (exact) mass is 335 g/mol. The molecule has 0 saturated carbocycles. The van der Waals surface area contributed by atoms with Crippen molar-refractivity contribution in [2.45, 2.75) is 17.4 Å². The first-order valence-electron chi connectivity index (χ1n) is 7.24. The van der Waals surface area contributed by atoms with Crippen LogP contribution in [0, 0.1) is 0 Å². The van der Waals surface area contributed by atoms with Crippen molar-refractivity contribution in [2.24, 2.45) is 0 Å². The Labute approximate surface area is 137 Å². The summed E-state index contributed by atoms with van der Waals surface area (Å²) < 4.78 is 37.9.